The van der Waals surface area contributed by atoms with Gasteiger partial charge < -0.3 is 5.32 Å². The van der Waals surface area contributed by atoms with E-state index in [9.17, 15) is 4.79 Å². The molecule has 0 unspecified atom stereocenters. The molecule has 5 heteroatoms. The molecular formula is C15H12ClN3O. The first-order valence-electron chi connectivity index (χ1n) is 6.35. The molecule has 2 heterocycles. The van der Waals surface area contributed by atoms with Crippen LogP contribution in [0.3, 0.4) is 0 Å². The van der Waals surface area contributed by atoms with Crippen molar-refractivity contribution < 1.29 is 0 Å². The summed E-state index contributed by atoms with van der Waals surface area (Å²) in [6, 6.07) is 10.8. The van der Waals surface area contributed by atoms with Gasteiger partial charge in [-0.05, 0) is 29.8 Å². The highest BCUT2D eigenvalue weighted by Crippen LogP contribution is 2.20. The predicted molar refractivity (Wildman–Crippen MR) is 77.2 cm³/mol. The van der Waals surface area contributed by atoms with Crippen LogP contribution in [0.2, 0.25) is 5.02 Å². The smallest absolute Gasteiger partial charge is 0.273 e. The second kappa shape index (κ2) is 5.12. The Morgan fingerprint density at radius 2 is 2.20 bits per heavy atom. The molecular weight excluding hydrogens is 274 g/mol. The number of halogens is 1. The molecule has 0 radical (unpaired) electrons. The summed E-state index contributed by atoms with van der Waals surface area (Å²) < 4.78 is 1.61. The summed E-state index contributed by atoms with van der Waals surface area (Å²) >= 11 is 6.01. The van der Waals surface area contributed by atoms with Crippen LogP contribution in [0.1, 0.15) is 16.8 Å². The lowest BCUT2D eigenvalue weighted by Crippen LogP contribution is -2.33. The minimum atomic E-state index is -0.282. The number of nitriles is 1. The van der Waals surface area contributed by atoms with E-state index in [4.69, 9.17) is 16.9 Å². The SMILES string of the molecule is N#Cc1cc2c(n(-c3cccc(Cl)c3)c1=O)CCNC2. The first-order valence-corrected chi connectivity index (χ1v) is 6.73. The fraction of sp³-hybridized carbons (Fsp3) is 0.200. The van der Waals surface area contributed by atoms with Gasteiger partial charge in [0, 0.05) is 30.2 Å². The van der Waals surface area contributed by atoms with Crippen LogP contribution >= 0.6 is 11.6 Å². The molecule has 4 nitrogen and oxygen atoms in total. The number of fused-ring (bicyclic) bond motifs is 1. The van der Waals surface area contributed by atoms with Crippen LogP contribution in [-0.2, 0) is 13.0 Å². The lowest BCUT2D eigenvalue weighted by molar-refractivity contribution is 0.612. The van der Waals surface area contributed by atoms with Gasteiger partial charge in [0.2, 0.25) is 0 Å². The van der Waals surface area contributed by atoms with Gasteiger partial charge in [-0.3, -0.25) is 9.36 Å². The Morgan fingerprint density at radius 1 is 1.35 bits per heavy atom. The van der Waals surface area contributed by atoms with Crippen LogP contribution in [-0.4, -0.2) is 11.1 Å². The van der Waals surface area contributed by atoms with Gasteiger partial charge in [0.15, 0.2) is 0 Å². The van der Waals surface area contributed by atoms with Crippen molar-refractivity contribution in [2.24, 2.45) is 0 Å². The van der Waals surface area contributed by atoms with E-state index in [0.717, 1.165) is 24.2 Å². The number of nitrogens with one attached hydrogen (secondary N) is 1. The second-order valence-electron chi connectivity index (χ2n) is 4.69. The number of aromatic nitrogens is 1. The molecule has 3 rings (SSSR count). The second-order valence-corrected chi connectivity index (χ2v) is 5.13. The van der Waals surface area contributed by atoms with E-state index in [1.807, 2.05) is 12.1 Å². The maximum Gasteiger partial charge on any atom is 0.273 e. The molecule has 0 bridgehead atoms. The highest BCUT2D eigenvalue weighted by molar-refractivity contribution is 6.30. The molecule has 0 amide bonds. The molecule has 20 heavy (non-hydrogen) atoms. The average Bonchev–Trinajstić information content (AvgIpc) is 2.46. The van der Waals surface area contributed by atoms with Crippen molar-refractivity contribution in [1.29, 1.82) is 5.26 Å². The molecule has 1 N–H and O–H groups in total. The normalized spacial score (nSPS) is 13.6. The summed E-state index contributed by atoms with van der Waals surface area (Å²) in [7, 11) is 0. The first kappa shape index (κ1) is 12.9. The summed E-state index contributed by atoms with van der Waals surface area (Å²) in [5, 5.41) is 13.0. The monoisotopic (exact) mass is 285 g/mol. The molecule has 0 spiro atoms. The summed E-state index contributed by atoms with van der Waals surface area (Å²) in [5.74, 6) is 0. The standard InChI is InChI=1S/C15H12ClN3O/c16-12-2-1-3-13(7-12)19-14-4-5-18-9-11(14)6-10(8-17)15(19)20/h1-3,6-7,18H,4-5,9H2. The largest absolute Gasteiger partial charge is 0.312 e. The van der Waals surface area contributed by atoms with E-state index in [0.29, 0.717) is 17.3 Å². The van der Waals surface area contributed by atoms with Crippen molar-refractivity contribution in [3.63, 3.8) is 0 Å². The zero-order chi connectivity index (χ0) is 14.1. The Kier molecular flexibility index (Phi) is 3.31. The predicted octanol–water partition coefficient (Wildman–Crippen LogP) is 2.01. The lowest BCUT2D eigenvalue weighted by Gasteiger charge is -2.22. The van der Waals surface area contributed by atoms with Crippen LogP contribution in [0.4, 0.5) is 0 Å². The molecule has 1 aliphatic rings. The number of benzene rings is 1. The van der Waals surface area contributed by atoms with E-state index < -0.39 is 0 Å². The maximum atomic E-state index is 12.5. The number of hydrogen-bond donors (Lipinski definition) is 1. The molecule has 0 saturated heterocycles. The highest BCUT2D eigenvalue weighted by Gasteiger charge is 2.18. The van der Waals surface area contributed by atoms with Gasteiger partial charge in [0.25, 0.3) is 5.56 Å². The third-order valence-electron chi connectivity index (χ3n) is 3.43. The Morgan fingerprint density at radius 3 is 2.95 bits per heavy atom. The molecule has 1 aliphatic heterocycles. The minimum Gasteiger partial charge on any atom is -0.312 e. The Balaban J connectivity index is 2.34. The lowest BCUT2D eigenvalue weighted by atomic mass is 10.0. The van der Waals surface area contributed by atoms with Gasteiger partial charge in [0.05, 0.1) is 5.69 Å². The molecule has 1 aromatic carbocycles. The zero-order valence-corrected chi connectivity index (χ0v) is 11.4. The van der Waals surface area contributed by atoms with Crippen LogP contribution in [0.15, 0.2) is 35.1 Å². The fourth-order valence-corrected chi connectivity index (χ4v) is 2.71. The quantitative estimate of drug-likeness (QED) is 0.872. The summed E-state index contributed by atoms with van der Waals surface area (Å²) in [5.41, 5.74) is 2.53. The van der Waals surface area contributed by atoms with Gasteiger partial charge in [-0.15, -0.1) is 0 Å². The topological polar surface area (TPSA) is 57.8 Å². The minimum absolute atomic E-state index is 0.160. The molecule has 100 valence electrons. The molecule has 2 aromatic rings. The molecule has 1 aromatic heterocycles. The van der Waals surface area contributed by atoms with Crippen molar-refractivity contribution >= 4 is 11.6 Å². The van der Waals surface area contributed by atoms with Gasteiger partial charge in [-0.25, -0.2) is 0 Å². The summed E-state index contributed by atoms with van der Waals surface area (Å²) in [4.78, 5) is 12.5. The average molecular weight is 286 g/mol. The molecule has 0 saturated carbocycles. The van der Waals surface area contributed by atoms with Crippen LogP contribution < -0.4 is 10.9 Å². The van der Waals surface area contributed by atoms with E-state index in [-0.39, 0.29) is 11.1 Å². The van der Waals surface area contributed by atoms with Crippen molar-refractivity contribution in [3.8, 4) is 11.8 Å². The first-order chi connectivity index (χ1) is 9.70. The van der Waals surface area contributed by atoms with Crippen LogP contribution in [0, 0.1) is 11.3 Å². The van der Waals surface area contributed by atoms with Crippen molar-refractivity contribution in [2.45, 2.75) is 13.0 Å². The fourth-order valence-electron chi connectivity index (χ4n) is 2.53. The van der Waals surface area contributed by atoms with Gasteiger partial charge >= 0.3 is 0 Å². The Hall–Kier alpha value is -2.09. The van der Waals surface area contributed by atoms with E-state index in [2.05, 4.69) is 5.32 Å². The van der Waals surface area contributed by atoms with Crippen molar-refractivity contribution in [3.05, 3.63) is 62.5 Å². The Labute approximate surface area is 121 Å². The molecule has 0 aliphatic carbocycles. The summed E-state index contributed by atoms with van der Waals surface area (Å²) in [6.45, 7) is 1.49. The van der Waals surface area contributed by atoms with Crippen LogP contribution in [0.5, 0.6) is 0 Å². The highest BCUT2D eigenvalue weighted by atomic mass is 35.5. The number of nitrogens with zero attached hydrogens (tertiary/aromatic N) is 2. The molecule has 0 atom stereocenters. The van der Waals surface area contributed by atoms with Crippen molar-refractivity contribution in [2.75, 3.05) is 6.54 Å². The van der Waals surface area contributed by atoms with Gasteiger partial charge in [-0.1, -0.05) is 17.7 Å². The summed E-state index contributed by atoms with van der Waals surface area (Å²) in [6.07, 6.45) is 0.753. The van der Waals surface area contributed by atoms with Crippen LogP contribution in [0.25, 0.3) is 5.69 Å². The number of hydrogen-bond acceptors (Lipinski definition) is 3. The van der Waals surface area contributed by atoms with E-state index in [1.165, 1.54) is 0 Å². The third-order valence-corrected chi connectivity index (χ3v) is 3.67. The van der Waals surface area contributed by atoms with E-state index in [1.54, 1.807) is 28.8 Å². The third kappa shape index (κ3) is 2.11. The van der Waals surface area contributed by atoms with Crippen molar-refractivity contribution in [1.82, 2.24) is 9.88 Å². The maximum absolute atomic E-state index is 12.5. The number of pyridine rings is 1. The van der Waals surface area contributed by atoms with E-state index >= 15 is 0 Å². The van der Waals surface area contributed by atoms with Gasteiger partial charge in [0.1, 0.15) is 11.6 Å². The molecule has 0 fully saturated rings. The van der Waals surface area contributed by atoms with Gasteiger partial charge in [-0.2, -0.15) is 5.26 Å². The zero-order valence-electron chi connectivity index (χ0n) is 10.7. The number of rotatable bonds is 1. The Bertz CT molecular complexity index is 774.